The van der Waals surface area contributed by atoms with Gasteiger partial charge in [-0.25, -0.2) is 9.18 Å². The zero-order valence-electron chi connectivity index (χ0n) is 16.4. The summed E-state index contributed by atoms with van der Waals surface area (Å²) in [6.07, 6.45) is 2.22. The summed E-state index contributed by atoms with van der Waals surface area (Å²) in [5.74, 6) is -3.94. The van der Waals surface area contributed by atoms with Crippen LogP contribution in [0, 0.1) is 5.82 Å². The summed E-state index contributed by atoms with van der Waals surface area (Å²) >= 11 is 0. The average molecular weight is 395 g/mol. The quantitative estimate of drug-likeness (QED) is 0.373. The predicted octanol–water partition coefficient (Wildman–Crippen LogP) is 4.68. The monoisotopic (exact) mass is 395 g/mol. The van der Waals surface area contributed by atoms with Gasteiger partial charge in [0.1, 0.15) is 11.6 Å². The molecule has 3 aromatic rings. The first-order chi connectivity index (χ1) is 13.6. The van der Waals surface area contributed by atoms with Gasteiger partial charge in [0.15, 0.2) is 0 Å². The normalized spacial score (nSPS) is 12.3. The van der Waals surface area contributed by atoms with Crippen molar-refractivity contribution in [1.29, 1.82) is 0 Å². The first-order valence-corrected chi connectivity index (χ1v) is 9.12. The fourth-order valence-corrected chi connectivity index (χ4v) is 3.17. The van der Waals surface area contributed by atoms with Gasteiger partial charge in [-0.05, 0) is 34.7 Å². The first kappa shape index (κ1) is 20.3. The summed E-state index contributed by atoms with van der Waals surface area (Å²) in [6.45, 7) is 6.87. The second kappa shape index (κ2) is 7.54. The van der Waals surface area contributed by atoms with E-state index in [2.05, 4.69) is 32.9 Å². The van der Waals surface area contributed by atoms with E-state index in [1.54, 1.807) is 12.3 Å². The number of hydrogen-bond acceptors (Lipinski definition) is 3. The largest absolute Gasteiger partial charge is 0.507 e. The number of rotatable bonds is 5. The molecule has 0 saturated heterocycles. The van der Waals surface area contributed by atoms with E-state index in [1.165, 1.54) is 17.7 Å². The summed E-state index contributed by atoms with van der Waals surface area (Å²) in [4.78, 5) is 22.2. The van der Waals surface area contributed by atoms with Crippen molar-refractivity contribution in [3.05, 3.63) is 77.2 Å². The van der Waals surface area contributed by atoms with Gasteiger partial charge in [-0.1, -0.05) is 45.0 Å². The third-order valence-corrected chi connectivity index (χ3v) is 4.77. The molecule has 1 aromatic heterocycles. The smallest absolute Gasteiger partial charge is 0.376 e. The van der Waals surface area contributed by atoms with Crippen LogP contribution >= 0.6 is 0 Å². The van der Waals surface area contributed by atoms with Crippen LogP contribution in [0.4, 0.5) is 4.39 Å². The Kier molecular flexibility index (Phi) is 5.29. The number of aromatic nitrogens is 1. The molecule has 0 aliphatic carbocycles. The lowest BCUT2D eigenvalue weighted by molar-refractivity contribution is -0.146. The van der Waals surface area contributed by atoms with E-state index >= 15 is 0 Å². The van der Waals surface area contributed by atoms with Crippen molar-refractivity contribution >= 4 is 28.4 Å². The minimum Gasteiger partial charge on any atom is -0.507 e. The van der Waals surface area contributed by atoms with Crippen LogP contribution in [0.2, 0.25) is 0 Å². The number of carbonyl (C=O) groups excluding carboxylic acids is 1. The molecule has 0 saturated carbocycles. The fourth-order valence-electron chi connectivity index (χ4n) is 3.17. The number of aliphatic hydroxyl groups is 1. The Labute approximate surface area is 167 Å². The molecule has 1 heterocycles. The molecular weight excluding hydrogens is 373 g/mol. The van der Waals surface area contributed by atoms with Crippen molar-refractivity contribution in [3.63, 3.8) is 0 Å². The molecule has 2 aromatic carbocycles. The molecule has 150 valence electrons. The average Bonchev–Trinajstić information content (AvgIpc) is 2.99. The lowest BCUT2D eigenvalue weighted by atomic mass is 9.87. The SMILES string of the molecule is CC(C)(C)c1ccc(Cn2cc(C(O)=CC(=O)C(=O)O)c3cc(F)ccc32)cc1. The van der Waals surface area contributed by atoms with Crippen LogP contribution in [0.25, 0.3) is 16.7 Å². The van der Waals surface area contributed by atoms with E-state index in [0.717, 1.165) is 5.56 Å². The Bertz CT molecular complexity index is 1120. The van der Waals surface area contributed by atoms with E-state index in [-0.39, 0.29) is 11.0 Å². The zero-order valence-corrected chi connectivity index (χ0v) is 16.4. The molecule has 0 aliphatic heterocycles. The number of aliphatic hydroxyl groups excluding tert-OH is 1. The van der Waals surface area contributed by atoms with Gasteiger partial charge in [-0.3, -0.25) is 4.79 Å². The summed E-state index contributed by atoms with van der Waals surface area (Å²) in [5.41, 5.74) is 3.10. The molecule has 0 radical (unpaired) electrons. The second-order valence-corrected chi connectivity index (χ2v) is 7.98. The highest BCUT2D eigenvalue weighted by Gasteiger charge is 2.17. The number of nitrogens with zero attached hydrogens (tertiary/aromatic N) is 1. The summed E-state index contributed by atoms with van der Waals surface area (Å²) in [7, 11) is 0. The number of halogens is 1. The van der Waals surface area contributed by atoms with Gasteiger partial charge in [-0.15, -0.1) is 0 Å². The highest BCUT2D eigenvalue weighted by atomic mass is 19.1. The Hall–Kier alpha value is -3.41. The van der Waals surface area contributed by atoms with Crippen molar-refractivity contribution in [2.75, 3.05) is 0 Å². The maximum Gasteiger partial charge on any atom is 0.376 e. The van der Waals surface area contributed by atoms with Gasteiger partial charge in [0, 0.05) is 35.3 Å². The number of fused-ring (bicyclic) bond motifs is 1. The van der Waals surface area contributed by atoms with E-state index in [0.29, 0.717) is 23.5 Å². The molecule has 29 heavy (non-hydrogen) atoms. The van der Waals surface area contributed by atoms with Crippen LogP contribution in [-0.2, 0) is 21.5 Å². The Morgan fingerprint density at radius 1 is 1.07 bits per heavy atom. The zero-order chi connectivity index (χ0) is 21.3. The van der Waals surface area contributed by atoms with Crippen molar-refractivity contribution in [2.24, 2.45) is 0 Å². The molecule has 3 rings (SSSR count). The second-order valence-electron chi connectivity index (χ2n) is 7.98. The topological polar surface area (TPSA) is 79.5 Å². The molecule has 6 heteroatoms. The number of benzene rings is 2. The molecule has 5 nitrogen and oxygen atoms in total. The number of aliphatic carboxylic acids is 1. The van der Waals surface area contributed by atoms with Crippen LogP contribution in [0.15, 0.2) is 54.7 Å². The van der Waals surface area contributed by atoms with E-state index in [9.17, 15) is 19.1 Å². The maximum absolute atomic E-state index is 13.8. The molecule has 0 amide bonds. The first-order valence-electron chi connectivity index (χ1n) is 9.12. The lowest BCUT2D eigenvalue weighted by Gasteiger charge is -2.19. The van der Waals surface area contributed by atoms with Crippen LogP contribution < -0.4 is 0 Å². The highest BCUT2D eigenvalue weighted by Crippen LogP contribution is 2.28. The summed E-state index contributed by atoms with van der Waals surface area (Å²) in [6, 6.07) is 12.3. The van der Waals surface area contributed by atoms with Crippen molar-refractivity contribution in [1.82, 2.24) is 4.57 Å². The van der Waals surface area contributed by atoms with E-state index in [4.69, 9.17) is 5.11 Å². The molecule has 0 aliphatic rings. The third kappa shape index (κ3) is 4.37. The van der Waals surface area contributed by atoms with Gasteiger partial charge in [0.2, 0.25) is 0 Å². The minimum absolute atomic E-state index is 0.0383. The van der Waals surface area contributed by atoms with Crippen LogP contribution in [0.5, 0.6) is 0 Å². The number of ketones is 1. The van der Waals surface area contributed by atoms with Gasteiger partial charge >= 0.3 is 5.97 Å². The van der Waals surface area contributed by atoms with Gasteiger partial charge in [0.05, 0.1) is 0 Å². The lowest BCUT2D eigenvalue weighted by Crippen LogP contribution is -2.11. The molecule has 2 N–H and O–H groups in total. The maximum atomic E-state index is 13.8. The molecule has 0 fully saturated rings. The number of hydrogen-bond donors (Lipinski definition) is 2. The molecule has 0 bridgehead atoms. The van der Waals surface area contributed by atoms with E-state index in [1.807, 2.05) is 16.7 Å². The minimum atomic E-state index is -1.68. The molecule has 0 atom stereocenters. The van der Waals surface area contributed by atoms with Gasteiger partial charge in [0.25, 0.3) is 5.78 Å². The van der Waals surface area contributed by atoms with Crippen molar-refractivity contribution in [2.45, 2.75) is 32.7 Å². The Balaban J connectivity index is 2.03. The van der Waals surface area contributed by atoms with Gasteiger partial charge < -0.3 is 14.8 Å². The van der Waals surface area contributed by atoms with Crippen molar-refractivity contribution < 1.29 is 24.2 Å². The van der Waals surface area contributed by atoms with Crippen LogP contribution in [0.1, 0.15) is 37.5 Å². The molecular formula is C23H22FNO4. The van der Waals surface area contributed by atoms with Crippen LogP contribution in [-0.4, -0.2) is 26.5 Å². The highest BCUT2D eigenvalue weighted by molar-refractivity contribution is 6.38. The van der Waals surface area contributed by atoms with E-state index < -0.39 is 23.3 Å². The summed E-state index contributed by atoms with van der Waals surface area (Å²) in [5, 5.41) is 19.4. The van der Waals surface area contributed by atoms with Gasteiger partial charge in [-0.2, -0.15) is 0 Å². The fraction of sp³-hybridized carbons (Fsp3) is 0.217. The summed E-state index contributed by atoms with van der Waals surface area (Å²) < 4.78 is 15.6. The molecule has 0 unspecified atom stereocenters. The third-order valence-electron chi connectivity index (χ3n) is 4.77. The molecule has 0 spiro atoms. The predicted molar refractivity (Wildman–Crippen MR) is 109 cm³/mol. The standard InChI is InChI=1S/C23H22FNO4/c1-23(2,3)15-6-4-14(5-7-15)12-25-13-18(20(26)11-21(27)22(28)29)17-10-16(24)8-9-19(17)25/h4-11,13,26H,12H2,1-3H3,(H,28,29). The Morgan fingerprint density at radius 2 is 1.72 bits per heavy atom. The van der Waals surface area contributed by atoms with Crippen molar-refractivity contribution in [3.8, 4) is 0 Å². The number of carboxylic acid groups (broad SMARTS) is 1. The number of carbonyl (C=O) groups is 2. The van der Waals surface area contributed by atoms with Crippen LogP contribution in [0.3, 0.4) is 0 Å². The Morgan fingerprint density at radius 3 is 2.31 bits per heavy atom. The number of carboxylic acids is 1.